The van der Waals surface area contributed by atoms with Gasteiger partial charge in [0, 0.05) is 10.0 Å². The highest BCUT2D eigenvalue weighted by atomic mass is 79.9. The molecule has 0 atom stereocenters. The van der Waals surface area contributed by atoms with Gasteiger partial charge in [-0.15, -0.1) is 0 Å². The highest BCUT2D eigenvalue weighted by molar-refractivity contribution is 9.10. The predicted octanol–water partition coefficient (Wildman–Crippen LogP) is 3.47. The molecule has 122 valence electrons. The summed E-state index contributed by atoms with van der Waals surface area (Å²) < 4.78 is 30.6. The molecule has 0 amide bonds. The lowest BCUT2D eigenvalue weighted by Gasteiger charge is -2.07. The number of ether oxygens (including phenoxy) is 1. The number of nitrogens with zero attached hydrogens (tertiary/aromatic N) is 1. The Kier molecular flexibility index (Phi) is 5.79. The number of hydrazone groups is 1. The van der Waals surface area contributed by atoms with Gasteiger partial charge >= 0.3 is 0 Å². The standard InChI is InChI=1S/C16H17BrN2O3S/c1-3-22-16-9-6-14(17)10-13(16)11-18-19-23(20,21)15-7-4-12(2)5-8-15/h4-11,19H,3H2,1-2H3. The van der Waals surface area contributed by atoms with Crippen LogP contribution in [0.25, 0.3) is 0 Å². The van der Waals surface area contributed by atoms with Gasteiger partial charge in [0.15, 0.2) is 0 Å². The van der Waals surface area contributed by atoms with E-state index in [9.17, 15) is 8.42 Å². The van der Waals surface area contributed by atoms with Crippen molar-refractivity contribution in [2.24, 2.45) is 5.10 Å². The van der Waals surface area contributed by atoms with Gasteiger partial charge in [0.1, 0.15) is 5.75 Å². The molecule has 0 radical (unpaired) electrons. The van der Waals surface area contributed by atoms with Crippen molar-refractivity contribution in [1.29, 1.82) is 0 Å². The van der Waals surface area contributed by atoms with Crippen molar-refractivity contribution in [3.05, 3.63) is 58.1 Å². The largest absolute Gasteiger partial charge is 0.493 e. The van der Waals surface area contributed by atoms with Crippen molar-refractivity contribution >= 4 is 32.2 Å². The first kappa shape index (κ1) is 17.5. The molecule has 0 aromatic heterocycles. The first-order chi connectivity index (χ1) is 10.9. The summed E-state index contributed by atoms with van der Waals surface area (Å²) in [5.74, 6) is 0.633. The molecular formula is C16H17BrN2O3S. The Morgan fingerprint density at radius 2 is 1.91 bits per heavy atom. The van der Waals surface area contributed by atoms with Gasteiger partial charge in [-0.2, -0.15) is 13.5 Å². The first-order valence-electron chi connectivity index (χ1n) is 6.96. The van der Waals surface area contributed by atoms with Gasteiger partial charge in [0.05, 0.1) is 17.7 Å². The second-order valence-electron chi connectivity index (χ2n) is 4.78. The second-order valence-corrected chi connectivity index (χ2v) is 7.36. The van der Waals surface area contributed by atoms with Crippen LogP contribution in [0.5, 0.6) is 5.75 Å². The third-order valence-corrected chi connectivity index (χ3v) is 4.71. The molecule has 0 aliphatic heterocycles. The Balaban J connectivity index is 2.18. The van der Waals surface area contributed by atoms with Gasteiger partial charge in [-0.25, -0.2) is 4.83 Å². The van der Waals surface area contributed by atoms with Crippen LogP contribution in [-0.4, -0.2) is 21.2 Å². The van der Waals surface area contributed by atoms with Crippen molar-refractivity contribution in [1.82, 2.24) is 4.83 Å². The van der Waals surface area contributed by atoms with Crippen LogP contribution in [0.15, 0.2) is 56.9 Å². The molecule has 0 saturated heterocycles. The SMILES string of the molecule is CCOc1ccc(Br)cc1C=NNS(=O)(=O)c1ccc(C)cc1. The van der Waals surface area contributed by atoms with E-state index in [4.69, 9.17) is 4.74 Å². The molecule has 1 N–H and O–H groups in total. The van der Waals surface area contributed by atoms with Crippen LogP contribution in [0, 0.1) is 6.92 Å². The molecule has 23 heavy (non-hydrogen) atoms. The van der Waals surface area contributed by atoms with E-state index in [-0.39, 0.29) is 4.90 Å². The summed E-state index contributed by atoms with van der Waals surface area (Å²) in [6.45, 7) is 4.28. The van der Waals surface area contributed by atoms with Gasteiger partial charge in [-0.1, -0.05) is 33.6 Å². The van der Waals surface area contributed by atoms with Crippen molar-refractivity contribution in [2.75, 3.05) is 6.61 Å². The molecule has 0 aliphatic carbocycles. The van der Waals surface area contributed by atoms with Crippen LogP contribution in [0.2, 0.25) is 0 Å². The van der Waals surface area contributed by atoms with Crippen molar-refractivity contribution in [3.8, 4) is 5.75 Å². The summed E-state index contributed by atoms with van der Waals surface area (Å²) in [4.78, 5) is 2.37. The van der Waals surface area contributed by atoms with Gasteiger partial charge in [-0.3, -0.25) is 0 Å². The maximum atomic E-state index is 12.1. The molecule has 0 aliphatic rings. The van der Waals surface area contributed by atoms with E-state index in [2.05, 4.69) is 25.9 Å². The fraction of sp³-hybridized carbons (Fsp3) is 0.188. The summed E-state index contributed by atoms with van der Waals surface area (Å²) in [5.41, 5.74) is 1.66. The minimum Gasteiger partial charge on any atom is -0.493 e. The number of rotatable bonds is 6. The zero-order chi connectivity index (χ0) is 16.9. The van der Waals surface area contributed by atoms with Gasteiger partial charge in [-0.05, 0) is 44.2 Å². The Bertz CT molecular complexity index is 803. The number of halogens is 1. The normalized spacial score (nSPS) is 11.6. The first-order valence-corrected chi connectivity index (χ1v) is 9.24. The van der Waals surface area contributed by atoms with Gasteiger partial charge < -0.3 is 4.74 Å². The van der Waals surface area contributed by atoms with Crippen molar-refractivity contribution in [2.45, 2.75) is 18.7 Å². The van der Waals surface area contributed by atoms with E-state index in [0.717, 1.165) is 10.0 Å². The topological polar surface area (TPSA) is 67.8 Å². The summed E-state index contributed by atoms with van der Waals surface area (Å²) in [6.07, 6.45) is 1.42. The quantitative estimate of drug-likeness (QED) is 0.600. The highest BCUT2D eigenvalue weighted by Gasteiger charge is 2.12. The fourth-order valence-electron chi connectivity index (χ4n) is 1.84. The fourth-order valence-corrected chi connectivity index (χ4v) is 3.01. The number of aryl methyl sites for hydroxylation is 1. The summed E-state index contributed by atoms with van der Waals surface area (Å²) in [6, 6.07) is 12.0. The minimum absolute atomic E-state index is 0.166. The molecule has 7 heteroatoms. The Hall–Kier alpha value is -1.86. The van der Waals surface area contributed by atoms with E-state index < -0.39 is 10.0 Å². The van der Waals surface area contributed by atoms with Gasteiger partial charge in [0.2, 0.25) is 0 Å². The van der Waals surface area contributed by atoms with Crippen LogP contribution in [0.4, 0.5) is 0 Å². The van der Waals surface area contributed by atoms with Crippen LogP contribution >= 0.6 is 15.9 Å². The Morgan fingerprint density at radius 1 is 1.22 bits per heavy atom. The lowest BCUT2D eigenvalue weighted by molar-refractivity contribution is 0.339. The number of benzene rings is 2. The van der Waals surface area contributed by atoms with Crippen LogP contribution < -0.4 is 9.57 Å². The predicted molar refractivity (Wildman–Crippen MR) is 94.4 cm³/mol. The molecule has 2 aromatic rings. The molecule has 0 saturated carbocycles. The van der Waals surface area contributed by atoms with Crippen molar-refractivity contribution < 1.29 is 13.2 Å². The van der Waals surface area contributed by atoms with Crippen LogP contribution in [0.1, 0.15) is 18.1 Å². The summed E-state index contributed by atoms with van der Waals surface area (Å²) >= 11 is 3.37. The molecule has 0 bridgehead atoms. The van der Waals surface area contributed by atoms with E-state index in [0.29, 0.717) is 17.9 Å². The number of nitrogens with one attached hydrogen (secondary N) is 1. The second kappa shape index (κ2) is 7.61. The molecule has 0 fully saturated rings. The third-order valence-electron chi connectivity index (χ3n) is 2.98. The molecule has 0 unspecified atom stereocenters. The number of hydrogen-bond donors (Lipinski definition) is 1. The molecule has 0 spiro atoms. The average Bonchev–Trinajstić information content (AvgIpc) is 2.50. The monoisotopic (exact) mass is 396 g/mol. The summed E-state index contributed by atoms with van der Waals surface area (Å²) in [7, 11) is -3.68. The zero-order valence-electron chi connectivity index (χ0n) is 12.8. The average molecular weight is 397 g/mol. The number of hydrogen-bond acceptors (Lipinski definition) is 4. The maximum Gasteiger partial charge on any atom is 0.276 e. The number of sulfonamides is 1. The molecule has 5 nitrogen and oxygen atoms in total. The van der Waals surface area contributed by atoms with E-state index in [1.807, 2.05) is 19.9 Å². The molecule has 2 rings (SSSR count). The Morgan fingerprint density at radius 3 is 2.57 bits per heavy atom. The van der Waals surface area contributed by atoms with Gasteiger partial charge in [0.25, 0.3) is 10.0 Å². The molecule has 2 aromatic carbocycles. The lowest BCUT2D eigenvalue weighted by atomic mass is 10.2. The zero-order valence-corrected chi connectivity index (χ0v) is 15.2. The lowest BCUT2D eigenvalue weighted by Crippen LogP contribution is -2.18. The third kappa shape index (κ3) is 4.80. The highest BCUT2D eigenvalue weighted by Crippen LogP contribution is 2.21. The summed E-state index contributed by atoms with van der Waals surface area (Å²) in [5, 5.41) is 3.83. The maximum absolute atomic E-state index is 12.1. The van der Waals surface area contributed by atoms with E-state index >= 15 is 0 Å². The van der Waals surface area contributed by atoms with Crippen LogP contribution in [-0.2, 0) is 10.0 Å². The van der Waals surface area contributed by atoms with Crippen molar-refractivity contribution in [3.63, 3.8) is 0 Å². The molecule has 0 heterocycles. The van der Waals surface area contributed by atoms with E-state index in [1.165, 1.54) is 18.3 Å². The Labute approximate surface area is 144 Å². The minimum atomic E-state index is -3.68. The smallest absolute Gasteiger partial charge is 0.276 e. The van der Waals surface area contributed by atoms with E-state index in [1.54, 1.807) is 24.3 Å². The molecular weight excluding hydrogens is 380 g/mol. The van der Waals surface area contributed by atoms with Crippen LogP contribution in [0.3, 0.4) is 0 Å².